The SMILES string of the molecule is O=C(NCCCCCc1nc2ccccc2n1Cc1ccc(Br)cc1)c1cccc(Br)c1. The molecule has 1 amide bonds. The second-order valence-electron chi connectivity index (χ2n) is 7.81. The van der Waals surface area contributed by atoms with E-state index in [9.17, 15) is 4.79 Å². The minimum atomic E-state index is -0.0254. The third-order valence-electron chi connectivity index (χ3n) is 5.44. The van der Waals surface area contributed by atoms with Crippen LogP contribution in [-0.2, 0) is 13.0 Å². The van der Waals surface area contributed by atoms with Gasteiger partial charge < -0.3 is 9.88 Å². The van der Waals surface area contributed by atoms with E-state index in [-0.39, 0.29) is 5.91 Å². The molecule has 1 heterocycles. The monoisotopic (exact) mass is 553 g/mol. The van der Waals surface area contributed by atoms with Gasteiger partial charge in [-0.1, -0.05) is 68.6 Å². The van der Waals surface area contributed by atoms with Gasteiger partial charge in [-0.15, -0.1) is 0 Å². The van der Waals surface area contributed by atoms with Crippen LogP contribution in [0, 0.1) is 0 Å². The number of amides is 1. The van der Waals surface area contributed by atoms with Crippen LogP contribution < -0.4 is 5.32 Å². The number of hydrogen-bond donors (Lipinski definition) is 1. The minimum Gasteiger partial charge on any atom is -0.352 e. The molecule has 0 aliphatic heterocycles. The van der Waals surface area contributed by atoms with E-state index in [0.717, 1.165) is 52.5 Å². The van der Waals surface area contributed by atoms with E-state index in [1.807, 2.05) is 30.3 Å². The topological polar surface area (TPSA) is 46.9 Å². The van der Waals surface area contributed by atoms with Crippen molar-refractivity contribution in [2.24, 2.45) is 0 Å². The Morgan fingerprint density at radius 1 is 0.875 bits per heavy atom. The fourth-order valence-electron chi connectivity index (χ4n) is 3.78. The van der Waals surface area contributed by atoms with E-state index in [0.29, 0.717) is 12.1 Å². The number of carbonyl (C=O) groups excluding carboxylic acids is 1. The van der Waals surface area contributed by atoms with Crippen molar-refractivity contribution in [3.8, 4) is 0 Å². The average Bonchev–Trinajstić information content (AvgIpc) is 3.14. The Labute approximate surface area is 205 Å². The van der Waals surface area contributed by atoms with Crippen LogP contribution >= 0.6 is 31.9 Å². The van der Waals surface area contributed by atoms with Crippen LogP contribution in [-0.4, -0.2) is 22.0 Å². The van der Waals surface area contributed by atoms with Crippen molar-refractivity contribution in [1.82, 2.24) is 14.9 Å². The van der Waals surface area contributed by atoms with Crippen LogP contribution in [0.3, 0.4) is 0 Å². The summed E-state index contributed by atoms with van der Waals surface area (Å²) in [4.78, 5) is 17.1. The minimum absolute atomic E-state index is 0.0254. The van der Waals surface area contributed by atoms with Gasteiger partial charge in [-0.25, -0.2) is 4.98 Å². The zero-order valence-electron chi connectivity index (χ0n) is 17.7. The fraction of sp³-hybridized carbons (Fsp3) is 0.231. The summed E-state index contributed by atoms with van der Waals surface area (Å²) in [5.41, 5.74) is 4.15. The molecule has 0 bridgehead atoms. The molecule has 4 nitrogen and oxygen atoms in total. The Morgan fingerprint density at radius 3 is 2.50 bits per heavy atom. The summed E-state index contributed by atoms with van der Waals surface area (Å²) in [6, 6.07) is 24.2. The Balaban J connectivity index is 1.32. The van der Waals surface area contributed by atoms with E-state index >= 15 is 0 Å². The molecule has 6 heteroatoms. The molecule has 0 saturated carbocycles. The molecule has 0 atom stereocenters. The first-order valence-corrected chi connectivity index (χ1v) is 12.4. The van der Waals surface area contributed by atoms with Crippen molar-refractivity contribution in [2.45, 2.75) is 32.2 Å². The molecule has 1 aromatic heterocycles. The van der Waals surface area contributed by atoms with Gasteiger partial charge in [-0.3, -0.25) is 4.79 Å². The predicted octanol–water partition coefficient (Wildman–Crippen LogP) is 6.75. The van der Waals surface area contributed by atoms with Crippen molar-refractivity contribution in [3.05, 3.63) is 98.7 Å². The lowest BCUT2D eigenvalue weighted by Crippen LogP contribution is -2.24. The van der Waals surface area contributed by atoms with Crippen molar-refractivity contribution in [2.75, 3.05) is 6.54 Å². The van der Waals surface area contributed by atoms with Gasteiger partial charge in [-0.05, 0) is 60.9 Å². The number of para-hydroxylation sites is 2. The summed E-state index contributed by atoms with van der Waals surface area (Å²) in [6.07, 6.45) is 3.95. The van der Waals surface area contributed by atoms with Crippen LogP contribution in [0.2, 0.25) is 0 Å². The summed E-state index contributed by atoms with van der Waals surface area (Å²) in [6.45, 7) is 1.49. The number of aromatic nitrogens is 2. The van der Waals surface area contributed by atoms with Crippen molar-refractivity contribution < 1.29 is 4.79 Å². The number of imidazole rings is 1. The van der Waals surface area contributed by atoms with E-state index in [1.54, 1.807) is 0 Å². The number of halogens is 2. The highest BCUT2D eigenvalue weighted by molar-refractivity contribution is 9.10. The third kappa shape index (κ3) is 5.87. The second kappa shape index (κ2) is 10.9. The van der Waals surface area contributed by atoms with Gasteiger partial charge in [0.15, 0.2) is 0 Å². The lowest BCUT2D eigenvalue weighted by atomic mass is 10.1. The molecule has 1 N–H and O–H groups in total. The number of unbranched alkanes of at least 4 members (excludes halogenated alkanes) is 2. The quantitative estimate of drug-likeness (QED) is 0.232. The highest BCUT2D eigenvalue weighted by Gasteiger charge is 2.11. The lowest BCUT2D eigenvalue weighted by Gasteiger charge is -2.10. The molecule has 0 radical (unpaired) electrons. The molecular formula is C26H25Br2N3O. The highest BCUT2D eigenvalue weighted by Crippen LogP contribution is 2.20. The zero-order chi connectivity index (χ0) is 22.3. The van der Waals surface area contributed by atoms with E-state index in [2.05, 4.69) is 84.2 Å². The molecule has 0 fully saturated rings. The Morgan fingerprint density at radius 2 is 1.69 bits per heavy atom. The van der Waals surface area contributed by atoms with Crippen LogP contribution in [0.5, 0.6) is 0 Å². The second-order valence-corrected chi connectivity index (χ2v) is 9.64. The zero-order valence-corrected chi connectivity index (χ0v) is 20.9. The number of benzene rings is 3. The number of rotatable bonds is 9. The van der Waals surface area contributed by atoms with E-state index < -0.39 is 0 Å². The molecule has 3 aromatic carbocycles. The van der Waals surface area contributed by atoms with Gasteiger partial charge in [0.2, 0.25) is 0 Å². The Bertz CT molecular complexity index is 1200. The van der Waals surface area contributed by atoms with Crippen LogP contribution in [0.4, 0.5) is 0 Å². The van der Waals surface area contributed by atoms with Crippen LogP contribution in [0.25, 0.3) is 11.0 Å². The fourth-order valence-corrected chi connectivity index (χ4v) is 4.45. The first kappa shape index (κ1) is 22.7. The summed E-state index contributed by atoms with van der Waals surface area (Å²) in [5, 5.41) is 3.01. The normalized spacial score (nSPS) is 11.1. The standard InChI is InChI=1S/C26H25Br2N3O/c27-21-14-12-19(13-15-21)18-31-24-10-4-3-9-23(24)30-25(31)11-2-1-5-16-29-26(32)20-7-6-8-22(28)17-20/h3-4,6-10,12-15,17H,1-2,5,11,16,18H2,(H,29,32). The number of fused-ring (bicyclic) bond motifs is 1. The number of carbonyl (C=O) groups is 1. The smallest absolute Gasteiger partial charge is 0.251 e. The maximum atomic E-state index is 12.2. The largest absolute Gasteiger partial charge is 0.352 e. The summed E-state index contributed by atoms with van der Waals surface area (Å²) in [5.74, 6) is 1.09. The molecule has 4 rings (SSSR count). The molecular weight excluding hydrogens is 530 g/mol. The molecule has 0 aliphatic carbocycles. The maximum absolute atomic E-state index is 12.2. The molecule has 0 unspecified atom stereocenters. The highest BCUT2D eigenvalue weighted by atomic mass is 79.9. The first-order valence-electron chi connectivity index (χ1n) is 10.8. The molecule has 0 saturated heterocycles. The van der Waals surface area contributed by atoms with Gasteiger partial charge in [0.05, 0.1) is 11.0 Å². The molecule has 164 valence electrons. The summed E-state index contributed by atoms with van der Waals surface area (Å²) < 4.78 is 4.33. The van der Waals surface area contributed by atoms with Gasteiger partial charge in [0.25, 0.3) is 5.91 Å². The Kier molecular flexibility index (Phi) is 7.76. The van der Waals surface area contributed by atoms with Crippen molar-refractivity contribution in [3.63, 3.8) is 0 Å². The predicted molar refractivity (Wildman–Crippen MR) is 137 cm³/mol. The third-order valence-corrected chi connectivity index (χ3v) is 6.46. The summed E-state index contributed by atoms with van der Waals surface area (Å²) >= 11 is 6.92. The average molecular weight is 555 g/mol. The van der Waals surface area contributed by atoms with Crippen LogP contribution in [0.15, 0.2) is 81.7 Å². The van der Waals surface area contributed by atoms with Gasteiger partial charge >= 0.3 is 0 Å². The van der Waals surface area contributed by atoms with Crippen LogP contribution in [0.1, 0.15) is 41.0 Å². The molecule has 4 aromatic rings. The van der Waals surface area contributed by atoms with Gasteiger partial charge in [-0.2, -0.15) is 0 Å². The molecule has 32 heavy (non-hydrogen) atoms. The maximum Gasteiger partial charge on any atom is 0.251 e. The lowest BCUT2D eigenvalue weighted by molar-refractivity contribution is 0.0953. The molecule has 0 aliphatic rings. The van der Waals surface area contributed by atoms with E-state index in [1.165, 1.54) is 11.1 Å². The van der Waals surface area contributed by atoms with Crippen molar-refractivity contribution in [1.29, 1.82) is 0 Å². The van der Waals surface area contributed by atoms with Gasteiger partial charge in [0, 0.05) is 34.0 Å². The number of hydrogen-bond acceptors (Lipinski definition) is 2. The van der Waals surface area contributed by atoms with Crippen molar-refractivity contribution >= 4 is 48.8 Å². The first-order chi connectivity index (χ1) is 15.6. The molecule has 0 spiro atoms. The van der Waals surface area contributed by atoms with E-state index in [4.69, 9.17) is 4.98 Å². The Hall–Kier alpha value is -2.44. The number of nitrogens with one attached hydrogen (secondary N) is 1. The number of aryl methyl sites for hydroxylation is 1. The number of nitrogens with zero attached hydrogens (tertiary/aromatic N) is 2. The van der Waals surface area contributed by atoms with Gasteiger partial charge in [0.1, 0.15) is 5.82 Å². The summed E-state index contributed by atoms with van der Waals surface area (Å²) in [7, 11) is 0.